The van der Waals surface area contributed by atoms with E-state index in [1.165, 1.54) is 4.31 Å². The smallest absolute Gasteiger partial charge is 0.229 e. The second-order valence-corrected chi connectivity index (χ2v) is 9.55. The highest BCUT2D eigenvalue weighted by molar-refractivity contribution is 9.10. The molecule has 134 valence electrons. The molecule has 24 heavy (non-hydrogen) atoms. The Morgan fingerprint density at radius 3 is 2.83 bits per heavy atom. The third kappa shape index (κ3) is 5.53. The molecule has 1 N–H and O–H groups in total. The molecule has 1 aromatic rings. The normalized spacial score (nSPS) is 19.4. The van der Waals surface area contributed by atoms with E-state index in [9.17, 15) is 13.2 Å². The van der Waals surface area contributed by atoms with Crippen LogP contribution in [0.5, 0.6) is 0 Å². The second-order valence-electron chi connectivity index (χ2n) is 6.55. The summed E-state index contributed by atoms with van der Waals surface area (Å²) in [6, 6.07) is 3.51. The Balaban J connectivity index is 1.96. The first-order valence-corrected chi connectivity index (χ1v) is 10.6. The number of hydrogen-bond donors (Lipinski definition) is 1. The number of aromatic nitrogens is 1. The van der Waals surface area contributed by atoms with Crippen molar-refractivity contribution < 1.29 is 13.2 Å². The van der Waals surface area contributed by atoms with Crippen molar-refractivity contribution >= 4 is 37.7 Å². The summed E-state index contributed by atoms with van der Waals surface area (Å²) in [6.07, 6.45) is 3.64. The van der Waals surface area contributed by atoms with E-state index in [2.05, 4.69) is 26.2 Å². The van der Waals surface area contributed by atoms with Crippen LogP contribution in [0.3, 0.4) is 0 Å². The molecule has 1 aromatic heterocycles. The summed E-state index contributed by atoms with van der Waals surface area (Å²) < 4.78 is 27.2. The zero-order chi connectivity index (χ0) is 17.7. The predicted molar refractivity (Wildman–Crippen MR) is 98.1 cm³/mol. The number of halogens is 1. The van der Waals surface area contributed by atoms with Gasteiger partial charge in [-0.3, -0.25) is 4.79 Å². The number of nitrogens with zero attached hydrogens (tertiary/aromatic N) is 2. The molecule has 0 saturated carbocycles. The number of pyridine rings is 1. The van der Waals surface area contributed by atoms with E-state index in [0.29, 0.717) is 37.5 Å². The summed E-state index contributed by atoms with van der Waals surface area (Å²) in [5.41, 5.74) is 0. The maximum Gasteiger partial charge on any atom is 0.229 e. The van der Waals surface area contributed by atoms with Crippen LogP contribution < -0.4 is 5.32 Å². The van der Waals surface area contributed by atoms with E-state index in [1.807, 2.05) is 13.8 Å². The number of nitrogens with one attached hydrogen (secondary N) is 1. The van der Waals surface area contributed by atoms with Crippen LogP contribution in [-0.2, 0) is 14.8 Å². The van der Waals surface area contributed by atoms with Gasteiger partial charge in [-0.1, -0.05) is 13.8 Å². The Morgan fingerprint density at radius 1 is 1.46 bits per heavy atom. The summed E-state index contributed by atoms with van der Waals surface area (Å²) in [7, 11) is -3.29. The number of rotatable bonds is 6. The van der Waals surface area contributed by atoms with Crippen molar-refractivity contribution in [1.29, 1.82) is 0 Å². The average Bonchev–Trinajstić information content (AvgIpc) is 2.55. The Morgan fingerprint density at radius 2 is 2.21 bits per heavy atom. The lowest BCUT2D eigenvalue weighted by molar-refractivity contribution is -0.120. The number of amides is 1. The fraction of sp³-hybridized carbons (Fsp3) is 0.625. The Hall–Kier alpha value is -0.990. The van der Waals surface area contributed by atoms with Gasteiger partial charge in [0.25, 0.3) is 0 Å². The molecule has 1 amide bonds. The quantitative estimate of drug-likeness (QED) is 0.771. The average molecular weight is 418 g/mol. The maximum absolute atomic E-state index is 12.4. The second kappa shape index (κ2) is 8.40. The molecule has 1 fully saturated rings. The zero-order valence-electron chi connectivity index (χ0n) is 14.0. The lowest BCUT2D eigenvalue weighted by Gasteiger charge is -2.31. The molecular formula is C16H24BrN3O3S. The van der Waals surface area contributed by atoms with Crippen LogP contribution in [-0.4, -0.2) is 42.5 Å². The predicted octanol–water partition coefficient (Wildman–Crippen LogP) is 2.87. The number of hydrogen-bond acceptors (Lipinski definition) is 4. The first kappa shape index (κ1) is 19.3. The zero-order valence-corrected chi connectivity index (χ0v) is 16.4. The molecule has 0 radical (unpaired) electrons. The lowest BCUT2D eigenvalue weighted by Crippen LogP contribution is -2.44. The van der Waals surface area contributed by atoms with Crippen LogP contribution in [0.15, 0.2) is 22.8 Å². The van der Waals surface area contributed by atoms with Gasteiger partial charge in [0, 0.05) is 23.8 Å². The number of anilines is 1. The van der Waals surface area contributed by atoms with Crippen molar-refractivity contribution in [2.75, 3.05) is 24.2 Å². The fourth-order valence-corrected chi connectivity index (χ4v) is 4.68. The lowest BCUT2D eigenvalue weighted by atomic mass is 9.99. The Kier molecular flexibility index (Phi) is 6.77. The van der Waals surface area contributed by atoms with Gasteiger partial charge in [0.2, 0.25) is 15.9 Å². The van der Waals surface area contributed by atoms with Crippen molar-refractivity contribution in [3.63, 3.8) is 0 Å². The molecular weight excluding hydrogens is 394 g/mol. The molecule has 1 saturated heterocycles. The Labute approximate surface area is 152 Å². The molecule has 0 aromatic carbocycles. The van der Waals surface area contributed by atoms with Crippen LogP contribution in [0.1, 0.15) is 33.1 Å². The van der Waals surface area contributed by atoms with Crippen LogP contribution in [0.2, 0.25) is 0 Å². The van der Waals surface area contributed by atoms with Gasteiger partial charge >= 0.3 is 0 Å². The summed E-state index contributed by atoms with van der Waals surface area (Å²) in [5.74, 6) is 0.453. The summed E-state index contributed by atoms with van der Waals surface area (Å²) >= 11 is 3.29. The molecule has 0 bridgehead atoms. The van der Waals surface area contributed by atoms with Gasteiger partial charge in [0.05, 0.1) is 11.7 Å². The Bertz CT molecular complexity index is 662. The van der Waals surface area contributed by atoms with Gasteiger partial charge in [0.15, 0.2) is 0 Å². The van der Waals surface area contributed by atoms with E-state index in [-0.39, 0.29) is 24.1 Å². The fourth-order valence-electron chi connectivity index (χ4n) is 2.60. The van der Waals surface area contributed by atoms with Gasteiger partial charge in [-0.2, -0.15) is 0 Å². The minimum absolute atomic E-state index is 0.146. The first-order chi connectivity index (χ1) is 11.3. The highest BCUT2D eigenvalue weighted by atomic mass is 79.9. The van der Waals surface area contributed by atoms with E-state index in [4.69, 9.17) is 0 Å². The summed E-state index contributed by atoms with van der Waals surface area (Å²) in [6.45, 7) is 4.77. The maximum atomic E-state index is 12.4. The molecule has 0 aliphatic carbocycles. The largest absolute Gasteiger partial charge is 0.310 e. The van der Waals surface area contributed by atoms with Gasteiger partial charge in [0.1, 0.15) is 5.82 Å². The van der Waals surface area contributed by atoms with Crippen molar-refractivity contribution in [2.45, 2.75) is 33.1 Å². The van der Waals surface area contributed by atoms with E-state index in [1.54, 1.807) is 18.3 Å². The summed E-state index contributed by atoms with van der Waals surface area (Å²) in [5, 5.41) is 2.77. The highest BCUT2D eigenvalue weighted by Gasteiger charge is 2.32. The van der Waals surface area contributed by atoms with Crippen LogP contribution >= 0.6 is 15.9 Å². The summed E-state index contributed by atoms with van der Waals surface area (Å²) in [4.78, 5) is 16.5. The van der Waals surface area contributed by atoms with E-state index < -0.39 is 10.0 Å². The van der Waals surface area contributed by atoms with Gasteiger partial charge in [-0.25, -0.2) is 17.7 Å². The molecule has 8 heteroatoms. The standard InChI is InChI=1S/C16H24BrN3O3S/c1-12(2)7-9-24(22,23)20-8-3-4-13(11-20)16(21)19-15-6-5-14(17)10-18-15/h5-6,10,12-13H,3-4,7-9,11H2,1-2H3,(H,18,19,21). The van der Waals surface area contributed by atoms with Gasteiger partial charge in [-0.05, 0) is 53.2 Å². The molecule has 1 atom stereocenters. The van der Waals surface area contributed by atoms with E-state index in [0.717, 1.165) is 4.47 Å². The van der Waals surface area contributed by atoms with E-state index >= 15 is 0 Å². The number of carbonyl (C=O) groups excluding carboxylic acids is 1. The molecule has 2 rings (SSSR count). The van der Waals surface area contributed by atoms with Gasteiger partial charge in [-0.15, -0.1) is 0 Å². The SMILES string of the molecule is CC(C)CCS(=O)(=O)N1CCCC(C(=O)Nc2ccc(Br)cn2)C1. The van der Waals surface area contributed by atoms with Crippen LogP contribution in [0.25, 0.3) is 0 Å². The molecule has 2 heterocycles. The van der Waals surface area contributed by atoms with Crippen molar-refractivity contribution in [3.8, 4) is 0 Å². The number of piperidine rings is 1. The molecule has 0 spiro atoms. The minimum Gasteiger partial charge on any atom is -0.310 e. The van der Waals surface area contributed by atoms with Gasteiger partial charge < -0.3 is 5.32 Å². The monoisotopic (exact) mass is 417 g/mol. The van der Waals surface area contributed by atoms with Crippen molar-refractivity contribution in [3.05, 3.63) is 22.8 Å². The molecule has 6 nitrogen and oxygen atoms in total. The topological polar surface area (TPSA) is 79.4 Å². The van der Waals surface area contributed by atoms with Crippen LogP contribution in [0.4, 0.5) is 5.82 Å². The highest BCUT2D eigenvalue weighted by Crippen LogP contribution is 2.22. The van der Waals surface area contributed by atoms with Crippen molar-refractivity contribution in [1.82, 2.24) is 9.29 Å². The molecule has 1 unspecified atom stereocenters. The first-order valence-electron chi connectivity index (χ1n) is 8.18. The molecule has 1 aliphatic rings. The minimum atomic E-state index is -3.29. The third-order valence-electron chi connectivity index (χ3n) is 4.08. The van der Waals surface area contributed by atoms with Crippen LogP contribution in [0, 0.1) is 11.8 Å². The number of carbonyl (C=O) groups is 1. The number of sulfonamides is 1. The van der Waals surface area contributed by atoms with Crippen molar-refractivity contribution in [2.24, 2.45) is 11.8 Å². The molecule has 1 aliphatic heterocycles. The third-order valence-corrected chi connectivity index (χ3v) is 6.42.